The smallest absolute Gasteiger partial charge is 0.102 e. The molecule has 1 aliphatic rings. The first kappa shape index (κ1) is 15.5. The molecule has 0 radical (unpaired) electrons. The van der Waals surface area contributed by atoms with Gasteiger partial charge in [-0.15, -0.1) is 12.6 Å². The largest absolute Gasteiger partial charge is 0.387 e. The van der Waals surface area contributed by atoms with Crippen LogP contribution in [0.4, 0.5) is 10.1 Å². The lowest BCUT2D eigenvalue weighted by atomic mass is 9.77. The normalized spacial score (nSPS) is 23.9. The first-order valence-corrected chi connectivity index (χ1v) is 7.69. The maximum absolute atomic E-state index is 13.3. The van der Waals surface area contributed by atoms with E-state index in [1.165, 1.54) is 0 Å². The Bertz CT molecular complexity index is 505. The molecule has 2 N–H and O–H groups in total. The first-order valence-electron chi connectivity index (χ1n) is 6.79. The topological polar surface area (TPSA) is 24.1 Å². The van der Waals surface area contributed by atoms with Crippen LogP contribution in [0.25, 0.3) is 5.70 Å². The van der Waals surface area contributed by atoms with E-state index in [0.717, 1.165) is 29.8 Å². The van der Waals surface area contributed by atoms with Crippen LogP contribution in [0.3, 0.4) is 0 Å². The van der Waals surface area contributed by atoms with E-state index in [9.17, 15) is 4.39 Å². The van der Waals surface area contributed by atoms with E-state index in [4.69, 9.17) is 11.6 Å². The third-order valence-electron chi connectivity index (χ3n) is 3.93. The zero-order chi connectivity index (χ0) is 14.7. The van der Waals surface area contributed by atoms with Crippen molar-refractivity contribution in [3.05, 3.63) is 34.2 Å². The number of thiol groups is 1. The molecule has 1 saturated carbocycles. The van der Waals surface area contributed by atoms with Gasteiger partial charge in [-0.3, -0.25) is 0 Å². The van der Waals surface area contributed by atoms with E-state index in [1.54, 1.807) is 12.3 Å². The highest BCUT2D eigenvalue weighted by Gasteiger charge is 2.35. The fourth-order valence-corrected chi connectivity index (χ4v) is 3.11. The molecule has 2 rings (SSSR count). The molecule has 0 saturated heterocycles. The van der Waals surface area contributed by atoms with Gasteiger partial charge >= 0.3 is 0 Å². The van der Waals surface area contributed by atoms with Crippen LogP contribution in [0.15, 0.2) is 23.6 Å². The average molecular weight is 315 g/mol. The quantitative estimate of drug-likeness (QED) is 0.704. The number of halogens is 2. The zero-order valence-electron chi connectivity index (χ0n) is 11.7. The highest BCUT2D eigenvalue weighted by molar-refractivity contribution is 7.83. The molecule has 3 atom stereocenters. The Morgan fingerprint density at radius 1 is 1.50 bits per heavy atom. The second-order valence-electron chi connectivity index (χ2n) is 5.16. The molecule has 0 aliphatic heterocycles. The third kappa shape index (κ3) is 3.23. The van der Waals surface area contributed by atoms with Crippen molar-refractivity contribution < 1.29 is 4.39 Å². The van der Waals surface area contributed by atoms with Crippen molar-refractivity contribution in [2.45, 2.75) is 32.0 Å². The van der Waals surface area contributed by atoms with Crippen molar-refractivity contribution in [3.8, 4) is 0 Å². The van der Waals surface area contributed by atoms with Gasteiger partial charge in [-0.25, -0.2) is 4.39 Å². The summed E-state index contributed by atoms with van der Waals surface area (Å²) in [7, 11) is 1.83. The minimum atomic E-state index is -0.765. The Morgan fingerprint density at radius 2 is 2.25 bits per heavy atom. The number of rotatable bonds is 5. The van der Waals surface area contributed by atoms with Gasteiger partial charge < -0.3 is 10.6 Å². The molecule has 0 heterocycles. The minimum absolute atomic E-state index is 0.110. The lowest BCUT2D eigenvalue weighted by Crippen LogP contribution is -2.42. The fourth-order valence-electron chi connectivity index (χ4n) is 2.56. The van der Waals surface area contributed by atoms with Crippen LogP contribution in [0.1, 0.15) is 25.3 Å². The Kier molecular flexibility index (Phi) is 5.22. The lowest BCUT2D eigenvalue weighted by Gasteiger charge is -2.38. The Balaban J connectivity index is 2.10. The van der Waals surface area contributed by atoms with Gasteiger partial charge in [0.05, 0.1) is 5.02 Å². The molecule has 1 fully saturated rings. The van der Waals surface area contributed by atoms with Crippen LogP contribution in [0, 0.1) is 5.92 Å². The standard InChI is InChI=1S/C15H20ClFN2S/c1-9(17)11-5-6-14(11)19-10-3-4-12(13(16)7-10)15(8-20)18-2/h3-4,7-9,11,14,18-20H,5-6H2,1-2H3/b15-8-/t9?,11?,14-/m0/s1. The van der Waals surface area contributed by atoms with Crippen LogP contribution in [0.2, 0.25) is 5.02 Å². The second kappa shape index (κ2) is 6.72. The predicted octanol–water partition coefficient (Wildman–Crippen LogP) is 4.34. The Hall–Kier alpha value is -0.870. The molecule has 110 valence electrons. The second-order valence-corrected chi connectivity index (χ2v) is 5.82. The molecule has 2 unspecified atom stereocenters. The summed E-state index contributed by atoms with van der Waals surface area (Å²) < 4.78 is 13.3. The van der Waals surface area contributed by atoms with E-state index in [0.29, 0.717) is 5.02 Å². The summed E-state index contributed by atoms with van der Waals surface area (Å²) in [4.78, 5) is 0. The van der Waals surface area contributed by atoms with Gasteiger partial charge in [-0.2, -0.15) is 0 Å². The molecule has 5 heteroatoms. The number of nitrogens with one attached hydrogen (secondary N) is 2. The van der Waals surface area contributed by atoms with Gasteiger partial charge in [0.15, 0.2) is 0 Å². The zero-order valence-corrected chi connectivity index (χ0v) is 13.3. The molecule has 20 heavy (non-hydrogen) atoms. The van der Waals surface area contributed by atoms with Crippen molar-refractivity contribution >= 4 is 35.6 Å². The van der Waals surface area contributed by atoms with Gasteiger partial charge in [-0.1, -0.05) is 11.6 Å². The van der Waals surface area contributed by atoms with Crippen LogP contribution in [-0.4, -0.2) is 19.3 Å². The average Bonchev–Trinajstić information content (AvgIpc) is 2.37. The molecule has 0 bridgehead atoms. The maximum Gasteiger partial charge on any atom is 0.102 e. The van der Waals surface area contributed by atoms with Crippen molar-refractivity contribution in [2.24, 2.45) is 5.92 Å². The lowest BCUT2D eigenvalue weighted by molar-refractivity contribution is 0.145. The van der Waals surface area contributed by atoms with E-state index in [-0.39, 0.29) is 12.0 Å². The van der Waals surface area contributed by atoms with Crippen LogP contribution < -0.4 is 10.6 Å². The maximum atomic E-state index is 13.3. The summed E-state index contributed by atoms with van der Waals surface area (Å²) in [5.41, 5.74) is 2.70. The number of anilines is 1. The fraction of sp³-hybridized carbons (Fsp3) is 0.467. The third-order valence-corrected chi connectivity index (χ3v) is 4.50. The SMILES string of the molecule is CN/C(=C\S)c1ccc(N[C@H]2CCC2C(C)F)cc1Cl. The molecule has 0 aromatic heterocycles. The molecule has 0 spiro atoms. The van der Waals surface area contributed by atoms with Crippen molar-refractivity contribution in [1.82, 2.24) is 5.32 Å². The van der Waals surface area contributed by atoms with Crippen LogP contribution >= 0.6 is 24.2 Å². The monoisotopic (exact) mass is 314 g/mol. The molecule has 1 aliphatic carbocycles. The van der Waals surface area contributed by atoms with E-state index in [2.05, 4.69) is 23.3 Å². The van der Waals surface area contributed by atoms with Crippen molar-refractivity contribution in [2.75, 3.05) is 12.4 Å². The van der Waals surface area contributed by atoms with Gasteiger partial charge in [0.25, 0.3) is 0 Å². The molecule has 0 amide bonds. The Morgan fingerprint density at radius 3 is 2.70 bits per heavy atom. The minimum Gasteiger partial charge on any atom is -0.387 e. The summed E-state index contributed by atoms with van der Waals surface area (Å²) in [6, 6.07) is 5.99. The number of alkyl halides is 1. The number of benzene rings is 1. The van der Waals surface area contributed by atoms with Gasteiger partial charge in [0.1, 0.15) is 6.17 Å². The predicted molar refractivity (Wildman–Crippen MR) is 88.2 cm³/mol. The number of hydrogen-bond acceptors (Lipinski definition) is 3. The highest BCUT2D eigenvalue weighted by Crippen LogP contribution is 2.35. The van der Waals surface area contributed by atoms with E-state index >= 15 is 0 Å². The molecule has 2 nitrogen and oxygen atoms in total. The van der Waals surface area contributed by atoms with Crippen molar-refractivity contribution in [3.63, 3.8) is 0 Å². The van der Waals surface area contributed by atoms with Crippen LogP contribution in [-0.2, 0) is 0 Å². The molecule has 1 aromatic carbocycles. The molecular weight excluding hydrogens is 295 g/mol. The summed E-state index contributed by atoms with van der Waals surface area (Å²) in [5, 5.41) is 8.74. The van der Waals surface area contributed by atoms with Gasteiger partial charge in [-0.05, 0) is 43.4 Å². The molecular formula is C15H20ClFN2S. The van der Waals surface area contributed by atoms with E-state index in [1.807, 2.05) is 25.2 Å². The summed E-state index contributed by atoms with van der Waals surface area (Å²) in [5.74, 6) is 0.110. The first-order chi connectivity index (χ1) is 9.56. The van der Waals surface area contributed by atoms with Crippen LogP contribution in [0.5, 0.6) is 0 Å². The van der Waals surface area contributed by atoms with Gasteiger partial charge in [0, 0.05) is 36.0 Å². The summed E-state index contributed by atoms with van der Waals surface area (Å²) >= 11 is 10.5. The molecule has 1 aromatic rings. The Labute approximate surface area is 130 Å². The summed E-state index contributed by atoms with van der Waals surface area (Å²) in [6.45, 7) is 1.63. The van der Waals surface area contributed by atoms with Gasteiger partial charge in [0.2, 0.25) is 0 Å². The summed E-state index contributed by atoms with van der Waals surface area (Å²) in [6.07, 6.45) is 1.20. The highest BCUT2D eigenvalue weighted by atomic mass is 35.5. The van der Waals surface area contributed by atoms with Crippen molar-refractivity contribution in [1.29, 1.82) is 0 Å². The number of hydrogen-bond donors (Lipinski definition) is 3. The van der Waals surface area contributed by atoms with E-state index < -0.39 is 6.17 Å².